The van der Waals surface area contributed by atoms with Crippen molar-refractivity contribution in [3.63, 3.8) is 0 Å². The summed E-state index contributed by atoms with van der Waals surface area (Å²) >= 11 is 0. The molecule has 0 aliphatic heterocycles. The third kappa shape index (κ3) is 4.77. The minimum Gasteiger partial charge on any atom is -0.276 e. The number of nitrogens with zero attached hydrogens (tertiary/aromatic N) is 1. The SMILES string of the molecule is O=C(c1ccc(-c2ccccc2Cc2ccc(F)cc2)cc1)S(=O)(=O)c1ccc([N+](=O)[O-])cc1. The van der Waals surface area contributed by atoms with Crippen LogP contribution in [-0.4, -0.2) is 18.5 Å². The van der Waals surface area contributed by atoms with Gasteiger partial charge in [0.1, 0.15) is 5.82 Å². The highest BCUT2D eigenvalue weighted by atomic mass is 32.2. The van der Waals surface area contributed by atoms with E-state index in [0.29, 0.717) is 6.42 Å². The molecule has 0 bridgehead atoms. The second-order valence-electron chi connectivity index (χ2n) is 7.58. The van der Waals surface area contributed by atoms with Crippen molar-refractivity contribution in [3.05, 3.63) is 130 Å². The largest absolute Gasteiger partial charge is 0.281 e. The molecule has 0 N–H and O–H groups in total. The zero-order valence-electron chi connectivity index (χ0n) is 17.7. The predicted octanol–water partition coefficient (Wildman–Crippen LogP) is 5.61. The van der Waals surface area contributed by atoms with Gasteiger partial charge in [-0.3, -0.25) is 14.9 Å². The molecule has 0 aromatic heterocycles. The lowest BCUT2D eigenvalue weighted by Gasteiger charge is -2.11. The number of carbonyl (C=O) groups is 1. The number of non-ortho nitro benzene ring substituents is 1. The molecule has 4 aromatic carbocycles. The molecule has 4 aromatic rings. The molecule has 0 fully saturated rings. The van der Waals surface area contributed by atoms with Gasteiger partial charge < -0.3 is 0 Å². The maximum Gasteiger partial charge on any atom is 0.281 e. The fraction of sp³-hybridized carbons (Fsp3) is 0.0385. The van der Waals surface area contributed by atoms with Gasteiger partial charge in [-0.05, 0) is 65.1 Å². The first kappa shape index (κ1) is 23.0. The smallest absolute Gasteiger partial charge is 0.276 e. The topological polar surface area (TPSA) is 94.3 Å². The summed E-state index contributed by atoms with van der Waals surface area (Å²) in [6.45, 7) is 0. The summed E-state index contributed by atoms with van der Waals surface area (Å²) < 4.78 is 38.6. The maximum absolute atomic E-state index is 13.2. The molecule has 0 heterocycles. The van der Waals surface area contributed by atoms with Gasteiger partial charge in [0.2, 0.25) is 9.84 Å². The van der Waals surface area contributed by atoms with Crippen LogP contribution in [0.25, 0.3) is 11.1 Å². The standard InChI is InChI=1S/C26H18FNO5S/c27-22-11-5-18(6-12-22)17-21-3-1-2-4-25(21)19-7-9-20(10-8-19)26(29)34(32,33)24-15-13-23(14-16-24)28(30)31/h1-16H,17H2. The summed E-state index contributed by atoms with van der Waals surface area (Å²) in [4.78, 5) is 22.5. The first-order valence-corrected chi connectivity index (χ1v) is 11.7. The van der Waals surface area contributed by atoms with Crippen LogP contribution in [0.2, 0.25) is 0 Å². The van der Waals surface area contributed by atoms with E-state index in [4.69, 9.17) is 0 Å². The summed E-state index contributed by atoms with van der Waals surface area (Å²) in [5.74, 6) is -0.305. The van der Waals surface area contributed by atoms with E-state index in [1.165, 1.54) is 24.3 Å². The van der Waals surface area contributed by atoms with E-state index < -0.39 is 19.9 Å². The van der Waals surface area contributed by atoms with Gasteiger partial charge in [0.25, 0.3) is 10.8 Å². The minimum absolute atomic E-state index is 0.0156. The minimum atomic E-state index is -4.36. The summed E-state index contributed by atoms with van der Waals surface area (Å²) in [5.41, 5.74) is 3.35. The summed E-state index contributed by atoms with van der Waals surface area (Å²) in [6.07, 6.45) is 0.575. The van der Waals surface area contributed by atoms with E-state index in [9.17, 15) is 27.7 Å². The van der Waals surface area contributed by atoms with E-state index in [2.05, 4.69) is 0 Å². The number of benzene rings is 4. The van der Waals surface area contributed by atoms with E-state index in [0.717, 1.165) is 46.5 Å². The van der Waals surface area contributed by atoms with Crippen LogP contribution in [0.3, 0.4) is 0 Å². The Bertz CT molecular complexity index is 1460. The van der Waals surface area contributed by atoms with Gasteiger partial charge in [-0.25, -0.2) is 12.8 Å². The van der Waals surface area contributed by atoms with Crippen LogP contribution in [0.4, 0.5) is 10.1 Å². The number of hydrogen-bond acceptors (Lipinski definition) is 5. The van der Waals surface area contributed by atoms with Gasteiger partial charge in [-0.15, -0.1) is 0 Å². The Morgan fingerprint density at radius 3 is 2.06 bits per heavy atom. The molecule has 4 rings (SSSR count). The van der Waals surface area contributed by atoms with Crippen LogP contribution >= 0.6 is 0 Å². The summed E-state index contributed by atoms with van der Waals surface area (Å²) in [5, 5.41) is 9.69. The van der Waals surface area contributed by atoms with Crippen molar-refractivity contribution >= 4 is 20.6 Å². The summed E-state index contributed by atoms with van der Waals surface area (Å²) in [6, 6.07) is 24.3. The number of nitro groups is 1. The average molecular weight is 475 g/mol. The highest BCUT2D eigenvalue weighted by Gasteiger charge is 2.27. The second kappa shape index (κ2) is 9.36. The Hall–Kier alpha value is -4.17. The molecular weight excluding hydrogens is 457 g/mol. The van der Waals surface area contributed by atoms with E-state index >= 15 is 0 Å². The van der Waals surface area contributed by atoms with Gasteiger partial charge in [-0.1, -0.05) is 48.5 Å². The molecule has 0 radical (unpaired) electrons. The van der Waals surface area contributed by atoms with Gasteiger partial charge in [-0.2, -0.15) is 0 Å². The lowest BCUT2D eigenvalue weighted by molar-refractivity contribution is -0.384. The predicted molar refractivity (Wildman–Crippen MR) is 126 cm³/mol. The van der Waals surface area contributed by atoms with Crippen LogP contribution in [0.1, 0.15) is 21.5 Å². The van der Waals surface area contributed by atoms with E-state index in [1.54, 1.807) is 24.3 Å². The molecule has 0 saturated carbocycles. The van der Waals surface area contributed by atoms with Crippen LogP contribution in [0.5, 0.6) is 0 Å². The van der Waals surface area contributed by atoms with Crippen molar-refractivity contribution < 1.29 is 22.5 Å². The molecule has 170 valence electrons. The zero-order chi connectivity index (χ0) is 24.3. The third-order valence-electron chi connectivity index (χ3n) is 5.36. The molecule has 6 nitrogen and oxygen atoms in total. The molecule has 0 atom stereocenters. The van der Waals surface area contributed by atoms with Gasteiger partial charge >= 0.3 is 0 Å². The Kier molecular flexibility index (Phi) is 6.34. The van der Waals surface area contributed by atoms with Crippen molar-refractivity contribution in [2.45, 2.75) is 11.3 Å². The normalized spacial score (nSPS) is 11.2. The Morgan fingerprint density at radius 2 is 1.44 bits per heavy atom. The quantitative estimate of drug-likeness (QED) is 0.267. The lowest BCUT2D eigenvalue weighted by atomic mass is 9.94. The fourth-order valence-corrected chi connectivity index (χ4v) is 4.73. The van der Waals surface area contributed by atoms with Gasteiger partial charge in [0.05, 0.1) is 9.82 Å². The molecule has 34 heavy (non-hydrogen) atoms. The number of halogens is 1. The van der Waals surface area contributed by atoms with Crippen molar-refractivity contribution in [1.29, 1.82) is 0 Å². The molecule has 8 heteroatoms. The zero-order valence-corrected chi connectivity index (χ0v) is 18.5. The Labute approximate surface area is 195 Å². The lowest BCUT2D eigenvalue weighted by Crippen LogP contribution is -2.15. The molecule has 0 spiro atoms. The van der Waals surface area contributed by atoms with Crippen molar-refractivity contribution in [2.75, 3.05) is 0 Å². The van der Waals surface area contributed by atoms with E-state index in [-0.39, 0.29) is 22.0 Å². The number of sulfone groups is 1. The van der Waals surface area contributed by atoms with Crippen molar-refractivity contribution in [1.82, 2.24) is 0 Å². The van der Waals surface area contributed by atoms with Gasteiger partial charge in [0, 0.05) is 17.7 Å². The fourth-order valence-electron chi connectivity index (χ4n) is 3.57. The highest BCUT2D eigenvalue weighted by molar-refractivity contribution is 8.06. The Balaban J connectivity index is 1.59. The molecule has 0 amide bonds. The molecule has 0 saturated heterocycles. The van der Waals surface area contributed by atoms with Crippen LogP contribution < -0.4 is 0 Å². The van der Waals surface area contributed by atoms with Crippen LogP contribution in [0, 0.1) is 15.9 Å². The Morgan fingerprint density at radius 1 is 0.824 bits per heavy atom. The first-order chi connectivity index (χ1) is 16.3. The van der Waals surface area contributed by atoms with Crippen molar-refractivity contribution in [2.24, 2.45) is 0 Å². The maximum atomic E-state index is 13.2. The second-order valence-corrected chi connectivity index (χ2v) is 9.43. The van der Waals surface area contributed by atoms with Crippen LogP contribution in [0.15, 0.2) is 102 Å². The number of hydrogen-bond donors (Lipinski definition) is 0. The molecule has 0 aliphatic carbocycles. The number of nitro benzene ring substituents is 1. The average Bonchev–Trinajstić information content (AvgIpc) is 2.85. The van der Waals surface area contributed by atoms with Crippen LogP contribution in [-0.2, 0) is 16.3 Å². The van der Waals surface area contributed by atoms with Gasteiger partial charge in [0.15, 0.2) is 0 Å². The number of carbonyl (C=O) groups excluding carboxylic acids is 1. The molecule has 0 unspecified atom stereocenters. The summed E-state index contributed by atoms with van der Waals surface area (Å²) in [7, 11) is -4.36. The molecule has 0 aliphatic rings. The number of rotatable bonds is 6. The van der Waals surface area contributed by atoms with Crippen molar-refractivity contribution in [3.8, 4) is 11.1 Å². The first-order valence-electron chi connectivity index (χ1n) is 10.2. The monoisotopic (exact) mass is 475 g/mol. The molecular formula is C26H18FNO5S. The van der Waals surface area contributed by atoms with E-state index in [1.807, 2.05) is 24.3 Å². The third-order valence-corrected chi connectivity index (χ3v) is 6.98. The highest BCUT2D eigenvalue weighted by Crippen LogP contribution is 2.27.